The van der Waals surface area contributed by atoms with Crippen LogP contribution in [-0.2, 0) is 11.2 Å². The van der Waals surface area contributed by atoms with E-state index in [0.717, 1.165) is 29.6 Å². The Morgan fingerprint density at radius 3 is 2.73 bits per heavy atom. The lowest BCUT2D eigenvalue weighted by atomic mass is 9.98. The fraction of sp³-hybridized carbons (Fsp3) is 0.300. The third-order valence-corrected chi connectivity index (χ3v) is 5.40. The van der Waals surface area contributed by atoms with Gasteiger partial charge in [-0.2, -0.15) is 0 Å². The predicted octanol–water partition coefficient (Wildman–Crippen LogP) is 4.60. The van der Waals surface area contributed by atoms with Crippen molar-refractivity contribution in [2.24, 2.45) is 0 Å². The molecule has 0 radical (unpaired) electrons. The second kappa shape index (κ2) is 7.93. The van der Waals surface area contributed by atoms with Crippen LogP contribution >= 0.6 is 11.3 Å². The third-order valence-electron chi connectivity index (χ3n) is 4.55. The largest absolute Gasteiger partial charge is 0.373 e. The van der Waals surface area contributed by atoms with Gasteiger partial charge in [-0.25, -0.2) is 4.39 Å². The molecule has 0 bridgehead atoms. The summed E-state index contributed by atoms with van der Waals surface area (Å²) in [4.78, 5) is 0. The summed E-state index contributed by atoms with van der Waals surface area (Å²) in [5.74, 6) is -0.202. The number of hydrogen-bond donors (Lipinski definition) is 1. The number of nitrogens with zero attached hydrogens (tertiary/aromatic N) is 2. The number of nitrogens with one attached hydrogen (secondary N) is 1. The molecule has 2 unspecified atom stereocenters. The van der Waals surface area contributed by atoms with Gasteiger partial charge in [-0.15, -0.1) is 10.2 Å². The Balaban J connectivity index is 1.38. The molecule has 3 aromatic rings. The molecule has 2 heterocycles. The van der Waals surface area contributed by atoms with Crippen molar-refractivity contribution in [1.82, 2.24) is 10.2 Å². The van der Waals surface area contributed by atoms with Crippen molar-refractivity contribution < 1.29 is 9.13 Å². The van der Waals surface area contributed by atoms with Gasteiger partial charge in [-0.1, -0.05) is 59.9 Å². The van der Waals surface area contributed by atoms with Crippen LogP contribution in [0.25, 0.3) is 0 Å². The molecule has 6 heteroatoms. The maximum absolute atomic E-state index is 13.8. The number of benzene rings is 2. The number of anilines is 1. The van der Waals surface area contributed by atoms with Crippen molar-refractivity contribution in [1.29, 1.82) is 0 Å². The van der Waals surface area contributed by atoms with E-state index in [1.807, 2.05) is 24.3 Å². The lowest BCUT2D eigenvalue weighted by Gasteiger charge is -2.30. The van der Waals surface area contributed by atoms with Crippen LogP contribution in [0.2, 0.25) is 0 Å². The van der Waals surface area contributed by atoms with Gasteiger partial charge < -0.3 is 10.1 Å². The van der Waals surface area contributed by atoms with E-state index < -0.39 is 0 Å². The number of halogens is 1. The molecule has 1 aliphatic rings. The summed E-state index contributed by atoms with van der Waals surface area (Å²) in [5.41, 5.74) is 1.85. The Morgan fingerprint density at radius 1 is 1.08 bits per heavy atom. The highest BCUT2D eigenvalue weighted by Crippen LogP contribution is 2.30. The summed E-state index contributed by atoms with van der Waals surface area (Å²) in [6.45, 7) is 0.720. The van der Waals surface area contributed by atoms with Gasteiger partial charge in [0.15, 0.2) is 0 Å². The normalized spacial score (nSPS) is 20.0. The van der Waals surface area contributed by atoms with Gasteiger partial charge in [-0.3, -0.25) is 0 Å². The predicted molar refractivity (Wildman–Crippen MR) is 101 cm³/mol. The molecule has 4 rings (SSSR count). The van der Waals surface area contributed by atoms with Crippen molar-refractivity contribution >= 4 is 16.5 Å². The summed E-state index contributed by atoms with van der Waals surface area (Å²) in [6, 6.07) is 17.4. The topological polar surface area (TPSA) is 47.0 Å². The maximum Gasteiger partial charge on any atom is 0.205 e. The SMILES string of the molecule is Fc1ccccc1Cc1nnc(NC2CCOC(c3ccccc3)C2)s1. The monoisotopic (exact) mass is 369 g/mol. The Kier molecular flexibility index (Phi) is 5.22. The molecule has 26 heavy (non-hydrogen) atoms. The molecule has 2 aromatic carbocycles. The molecule has 0 saturated carbocycles. The van der Waals surface area contributed by atoms with E-state index in [9.17, 15) is 4.39 Å². The minimum absolute atomic E-state index is 0.105. The molecular weight excluding hydrogens is 349 g/mol. The van der Waals surface area contributed by atoms with Crippen molar-refractivity contribution in [2.75, 3.05) is 11.9 Å². The van der Waals surface area contributed by atoms with Crippen LogP contribution in [0.1, 0.15) is 35.1 Å². The van der Waals surface area contributed by atoms with Crippen molar-refractivity contribution in [3.05, 3.63) is 76.5 Å². The van der Waals surface area contributed by atoms with Crippen LogP contribution in [0.15, 0.2) is 54.6 Å². The molecule has 0 spiro atoms. The third kappa shape index (κ3) is 4.08. The minimum Gasteiger partial charge on any atom is -0.373 e. The highest BCUT2D eigenvalue weighted by molar-refractivity contribution is 7.15. The van der Waals surface area contributed by atoms with Crippen LogP contribution in [-0.4, -0.2) is 22.8 Å². The minimum atomic E-state index is -0.202. The van der Waals surface area contributed by atoms with Crippen molar-refractivity contribution in [3.63, 3.8) is 0 Å². The molecule has 1 fully saturated rings. The summed E-state index contributed by atoms with van der Waals surface area (Å²) < 4.78 is 19.7. The van der Waals surface area contributed by atoms with E-state index in [1.165, 1.54) is 23.0 Å². The van der Waals surface area contributed by atoms with E-state index in [1.54, 1.807) is 12.1 Å². The smallest absolute Gasteiger partial charge is 0.205 e. The molecule has 1 saturated heterocycles. The van der Waals surface area contributed by atoms with Gasteiger partial charge in [-0.05, 0) is 30.0 Å². The molecule has 1 N–H and O–H groups in total. The number of ether oxygens (including phenoxy) is 1. The molecule has 2 atom stereocenters. The molecule has 1 aliphatic heterocycles. The van der Waals surface area contributed by atoms with Crippen molar-refractivity contribution in [2.45, 2.75) is 31.4 Å². The van der Waals surface area contributed by atoms with Gasteiger partial charge in [0.1, 0.15) is 10.8 Å². The first-order valence-corrected chi connectivity index (χ1v) is 9.58. The van der Waals surface area contributed by atoms with Crippen LogP contribution in [0.5, 0.6) is 0 Å². The van der Waals surface area contributed by atoms with Crippen LogP contribution in [0.4, 0.5) is 9.52 Å². The van der Waals surface area contributed by atoms with Gasteiger partial charge in [0.05, 0.1) is 6.10 Å². The molecule has 1 aromatic heterocycles. The Labute approximate surface area is 156 Å². The fourth-order valence-corrected chi connectivity index (χ4v) is 4.03. The summed E-state index contributed by atoms with van der Waals surface area (Å²) in [6.07, 6.45) is 2.40. The van der Waals surface area contributed by atoms with Gasteiger partial charge in [0.25, 0.3) is 0 Å². The summed E-state index contributed by atoms with van der Waals surface area (Å²) in [5, 5.41) is 13.5. The van der Waals surface area contributed by atoms with E-state index in [4.69, 9.17) is 4.74 Å². The van der Waals surface area contributed by atoms with Gasteiger partial charge in [0.2, 0.25) is 5.13 Å². The zero-order valence-electron chi connectivity index (χ0n) is 14.3. The first-order chi connectivity index (χ1) is 12.8. The summed E-state index contributed by atoms with van der Waals surface area (Å²) in [7, 11) is 0. The average molecular weight is 369 g/mol. The number of rotatable bonds is 5. The Morgan fingerprint density at radius 2 is 1.88 bits per heavy atom. The van der Waals surface area contributed by atoms with Crippen LogP contribution in [0, 0.1) is 5.82 Å². The Hall–Kier alpha value is -2.31. The van der Waals surface area contributed by atoms with Gasteiger partial charge >= 0.3 is 0 Å². The highest BCUT2D eigenvalue weighted by atomic mass is 32.1. The molecule has 134 valence electrons. The maximum atomic E-state index is 13.8. The van der Waals surface area contributed by atoms with Crippen molar-refractivity contribution in [3.8, 4) is 0 Å². The van der Waals surface area contributed by atoms with E-state index in [2.05, 4.69) is 27.6 Å². The van der Waals surface area contributed by atoms with E-state index in [-0.39, 0.29) is 11.9 Å². The average Bonchev–Trinajstić information content (AvgIpc) is 3.11. The molecule has 4 nitrogen and oxygen atoms in total. The lowest BCUT2D eigenvalue weighted by molar-refractivity contribution is 0.00979. The van der Waals surface area contributed by atoms with Gasteiger partial charge in [0, 0.05) is 19.1 Å². The first kappa shape index (κ1) is 17.1. The second-order valence-corrected chi connectivity index (χ2v) is 7.47. The molecule has 0 amide bonds. The lowest BCUT2D eigenvalue weighted by Crippen LogP contribution is -2.30. The zero-order chi connectivity index (χ0) is 17.8. The quantitative estimate of drug-likeness (QED) is 0.714. The second-order valence-electron chi connectivity index (χ2n) is 6.40. The first-order valence-electron chi connectivity index (χ1n) is 8.77. The summed E-state index contributed by atoms with van der Waals surface area (Å²) >= 11 is 1.49. The standard InChI is InChI=1S/C20H20FN3OS/c21-17-9-5-4-8-15(17)12-19-23-24-20(26-19)22-16-10-11-25-18(13-16)14-6-2-1-3-7-14/h1-9,16,18H,10-13H2,(H,22,24). The fourth-order valence-electron chi connectivity index (χ4n) is 3.19. The van der Waals surface area contributed by atoms with E-state index >= 15 is 0 Å². The molecule has 0 aliphatic carbocycles. The Bertz CT molecular complexity index is 855. The highest BCUT2D eigenvalue weighted by Gasteiger charge is 2.24. The van der Waals surface area contributed by atoms with Crippen LogP contribution < -0.4 is 5.32 Å². The molecular formula is C20H20FN3OS. The number of aromatic nitrogens is 2. The van der Waals surface area contributed by atoms with Crippen LogP contribution in [0.3, 0.4) is 0 Å². The zero-order valence-corrected chi connectivity index (χ0v) is 15.1. The number of hydrogen-bond acceptors (Lipinski definition) is 5. The van der Waals surface area contributed by atoms with E-state index in [0.29, 0.717) is 18.0 Å².